The van der Waals surface area contributed by atoms with Crippen LogP contribution in [0.25, 0.3) is 0 Å². The molecule has 98 valence electrons. The van der Waals surface area contributed by atoms with E-state index in [1.165, 1.54) is 12.1 Å². The second-order valence-electron chi connectivity index (χ2n) is 4.46. The quantitative estimate of drug-likeness (QED) is 0.843. The number of phenols is 1. The van der Waals surface area contributed by atoms with Crippen LogP contribution >= 0.6 is 27.5 Å². The third-order valence-corrected chi connectivity index (χ3v) is 4.24. The van der Waals surface area contributed by atoms with Gasteiger partial charge in [-0.1, -0.05) is 27.5 Å². The number of carbonyl (C=O) groups is 1. The van der Waals surface area contributed by atoms with Gasteiger partial charge in [0.15, 0.2) is 0 Å². The van der Waals surface area contributed by atoms with Gasteiger partial charge in [-0.25, -0.2) is 0 Å². The first-order chi connectivity index (χ1) is 8.63. The van der Waals surface area contributed by atoms with Gasteiger partial charge in [0, 0.05) is 22.9 Å². The summed E-state index contributed by atoms with van der Waals surface area (Å²) in [6.07, 6.45) is 3.15. The van der Waals surface area contributed by atoms with Gasteiger partial charge in [-0.2, -0.15) is 0 Å². The Hall–Kier alpha value is -0.740. The number of hydrogen-bond acceptors (Lipinski definition) is 2. The third-order valence-electron chi connectivity index (χ3n) is 3.26. The summed E-state index contributed by atoms with van der Waals surface area (Å²) in [5.74, 6) is -0.151. The number of hydrogen-bond donors (Lipinski definition) is 1. The van der Waals surface area contributed by atoms with Crippen molar-refractivity contribution in [2.24, 2.45) is 0 Å². The molecule has 0 spiro atoms. The first-order valence-electron chi connectivity index (χ1n) is 5.99. The van der Waals surface area contributed by atoms with Crippen molar-refractivity contribution in [3.05, 3.63) is 28.8 Å². The lowest BCUT2D eigenvalue weighted by molar-refractivity contribution is 0.0639. The number of carbonyl (C=O) groups excluding carboxylic acids is 1. The zero-order valence-electron chi connectivity index (χ0n) is 9.90. The van der Waals surface area contributed by atoms with E-state index in [0.717, 1.165) is 31.1 Å². The summed E-state index contributed by atoms with van der Waals surface area (Å²) in [4.78, 5) is 14.3. The molecule has 1 heterocycles. The third kappa shape index (κ3) is 2.81. The fourth-order valence-electron chi connectivity index (χ4n) is 2.26. The van der Waals surface area contributed by atoms with Crippen LogP contribution in [-0.4, -0.2) is 33.8 Å². The van der Waals surface area contributed by atoms with Crippen molar-refractivity contribution in [3.8, 4) is 5.75 Å². The molecule has 18 heavy (non-hydrogen) atoms. The maximum atomic E-state index is 12.4. The Morgan fingerprint density at radius 2 is 2.28 bits per heavy atom. The van der Waals surface area contributed by atoms with Gasteiger partial charge in [-0.3, -0.25) is 4.79 Å². The van der Waals surface area contributed by atoms with E-state index >= 15 is 0 Å². The Bertz CT molecular complexity index is 453. The highest BCUT2D eigenvalue weighted by Crippen LogP contribution is 2.26. The first kappa shape index (κ1) is 13.7. The highest BCUT2D eigenvalue weighted by Gasteiger charge is 2.28. The van der Waals surface area contributed by atoms with Gasteiger partial charge < -0.3 is 10.0 Å². The van der Waals surface area contributed by atoms with Gasteiger partial charge >= 0.3 is 0 Å². The van der Waals surface area contributed by atoms with Crippen LogP contribution in [-0.2, 0) is 0 Å². The van der Waals surface area contributed by atoms with Crippen LogP contribution in [0.3, 0.4) is 0 Å². The number of phenolic OH excluding ortho intramolecular Hbond substituents is 1. The average Bonchev–Trinajstić information content (AvgIpc) is 2.40. The number of piperidine rings is 1. The fourth-order valence-corrected chi connectivity index (χ4v) is 3.11. The van der Waals surface area contributed by atoms with Crippen molar-refractivity contribution in [1.82, 2.24) is 4.90 Å². The molecule has 1 fully saturated rings. The van der Waals surface area contributed by atoms with E-state index in [1.807, 2.05) is 4.90 Å². The molecule has 3 nitrogen and oxygen atoms in total. The molecule has 0 aromatic heterocycles. The minimum Gasteiger partial charge on any atom is -0.507 e. The Kier molecular flexibility index (Phi) is 4.51. The number of amides is 1. The van der Waals surface area contributed by atoms with Crippen LogP contribution in [0.2, 0.25) is 5.02 Å². The highest BCUT2D eigenvalue weighted by atomic mass is 79.9. The number of alkyl halides is 1. The topological polar surface area (TPSA) is 40.5 Å². The van der Waals surface area contributed by atoms with Crippen LogP contribution in [0.4, 0.5) is 0 Å². The van der Waals surface area contributed by atoms with E-state index in [2.05, 4.69) is 15.9 Å². The molecule has 0 saturated carbocycles. The number of rotatable bonds is 2. The molecule has 1 unspecified atom stereocenters. The molecule has 1 N–H and O–H groups in total. The largest absolute Gasteiger partial charge is 0.507 e. The summed E-state index contributed by atoms with van der Waals surface area (Å²) < 4.78 is 0. The molecule has 2 rings (SSSR count). The number of benzene rings is 1. The molecule has 0 radical (unpaired) electrons. The predicted molar refractivity (Wildman–Crippen MR) is 75.6 cm³/mol. The summed E-state index contributed by atoms with van der Waals surface area (Å²) in [5, 5.41) is 11.0. The Labute approximate surface area is 120 Å². The predicted octanol–water partition coefficient (Wildman–Crippen LogP) is 3.44. The lowest BCUT2D eigenvalue weighted by atomic mass is 10.0. The van der Waals surface area contributed by atoms with Gasteiger partial charge in [-0.05, 0) is 37.5 Å². The average molecular weight is 333 g/mol. The van der Waals surface area contributed by atoms with Crippen LogP contribution in [0, 0.1) is 0 Å². The Balaban J connectivity index is 2.26. The molecule has 0 bridgehead atoms. The molecule has 0 aliphatic carbocycles. The molecular weight excluding hydrogens is 318 g/mol. The van der Waals surface area contributed by atoms with Gasteiger partial charge in [-0.15, -0.1) is 0 Å². The molecule has 1 atom stereocenters. The van der Waals surface area contributed by atoms with Crippen LogP contribution in [0.15, 0.2) is 18.2 Å². The zero-order chi connectivity index (χ0) is 13.1. The highest BCUT2D eigenvalue weighted by molar-refractivity contribution is 9.09. The summed E-state index contributed by atoms with van der Waals surface area (Å²) in [7, 11) is 0. The molecule has 1 aliphatic heterocycles. The van der Waals surface area contributed by atoms with Crippen molar-refractivity contribution in [3.63, 3.8) is 0 Å². The Morgan fingerprint density at radius 3 is 3.00 bits per heavy atom. The summed E-state index contributed by atoms with van der Waals surface area (Å²) >= 11 is 9.32. The van der Waals surface area contributed by atoms with Gasteiger partial charge in [0.1, 0.15) is 5.75 Å². The van der Waals surface area contributed by atoms with Crippen LogP contribution in [0.5, 0.6) is 5.75 Å². The van der Waals surface area contributed by atoms with Crippen LogP contribution < -0.4 is 0 Å². The van der Waals surface area contributed by atoms with Gasteiger partial charge in [0.05, 0.1) is 5.56 Å². The number of nitrogens with zero attached hydrogens (tertiary/aromatic N) is 1. The van der Waals surface area contributed by atoms with Crippen LogP contribution in [0.1, 0.15) is 29.6 Å². The molecule has 5 heteroatoms. The van der Waals surface area contributed by atoms with E-state index in [0.29, 0.717) is 5.02 Å². The minimum atomic E-state index is -0.140. The molecular formula is C13H15BrClNO2. The summed E-state index contributed by atoms with van der Waals surface area (Å²) in [5.41, 5.74) is 0.287. The Morgan fingerprint density at radius 1 is 1.50 bits per heavy atom. The van der Waals surface area contributed by atoms with E-state index in [-0.39, 0.29) is 23.3 Å². The van der Waals surface area contributed by atoms with E-state index in [9.17, 15) is 9.90 Å². The maximum absolute atomic E-state index is 12.4. The smallest absolute Gasteiger partial charge is 0.257 e. The standard InChI is InChI=1S/C13H15BrClNO2/c14-8-10-3-1-2-6-16(10)13(18)11-7-9(15)4-5-12(11)17/h4-5,7,10,17H,1-3,6,8H2. The summed E-state index contributed by atoms with van der Waals surface area (Å²) in [6.45, 7) is 0.737. The molecule has 1 aromatic carbocycles. The maximum Gasteiger partial charge on any atom is 0.257 e. The number of aromatic hydroxyl groups is 1. The normalized spacial score (nSPS) is 19.9. The molecule has 1 amide bonds. The second kappa shape index (κ2) is 5.93. The molecule has 1 saturated heterocycles. The first-order valence-corrected chi connectivity index (χ1v) is 7.49. The SMILES string of the molecule is O=C(c1cc(Cl)ccc1O)N1CCCCC1CBr. The van der Waals surface area contributed by atoms with Gasteiger partial charge in [0.25, 0.3) is 5.91 Å². The van der Waals surface area contributed by atoms with Crippen molar-refractivity contribution < 1.29 is 9.90 Å². The molecule has 1 aromatic rings. The molecule has 1 aliphatic rings. The zero-order valence-corrected chi connectivity index (χ0v) is 12.2. The van der Waals surface area contributed by atoms with Crippen molar-refractivity contribution in [1.29, 1.82) is 0 Å². The summed E-state index contributed by atoms with van der Waals surface area (Å²) in [6, 6.07) is 4.76. The number of likely N-dealkylation sites (tertiary alicyclic amines) is 1. The lowest BCUT2D eigenvalue weighted by Gasteiger charge is -2.35. The van der Waals surface area contributed by atoms with Crippen molar-refractivity contribution >= 4 is 33.4 Å². The fraction of sp³-hybridized carbons (Fsp3) is 0.462. The van der Waals surface area contributed by atoms with Crippen molar-refractivity contribution in [2.75, 3.05) is 11.9 Å². The number of halogens is 2. The lowest BCUT2D eigenvalue weighted by Crippen LogP contribution is -2.44. The monoisotopic (exact) mass is 331 g/mol. The van der Waals surface area contributed by atoms with E-state index in [1.54, 1.807) is 6.07 Å². The second-order valence-corrected chi connectivity index (χ2v) is 5.55. The van der Waals surface area contributed by atoms with E-state index in [4.69, 9.17) is 11.6 Å². The van der Waals surface area contributed by atoms with E-state index < -0.39 is 0 Å². The van der Waals surface area contributed by atoms with Gasteiger partial charge in [0.2, 0.25) is 0 Å². The van der Waals surface area contributed by atoms with Crippen molar-refractivity contribution in [2.45, 2.75) is 25.3 Å². The minimum absolute atomic E-state index is 0.0108.